The average Bonchev–Trinajstić information content (AvgIpc) is 3.11. The van der Waals surface area contributed by atoms with Crippen LogP contribution in [0.25, 0.3) is 11.3 Å². The van der Waals surface area contributed by atoms with E-state index in [1.807, 2.05) is 30.3 Å². The number of aromatic amines is 1. The zero-order chi connectivity index (χ0) is 19.2. The number of rotatable bonds is 6. The minimum absolute atomic E-state index is 0.00239. The molecule has 3 rings (SSSR count). The van der Waals surface area contributed by atoms with Gasteiger partial charge in [0.25, 0.3) is 0 Å². The van der Waals surface area contributed by atoms with Gasteiger partial charge in [-0.1, -0.05) is 42.5 Å². The van der Waals surface area contributed by atoms with Gasteiger partial charge in [-0.25, -0.2) is 4.39 Å². The molecule has 0 fully saturated rings. The van der Waals surface area contributed by atoms with E-state index in [1.54, 1.807) is 19.1 Å². The Morgan fingerprint density at radius 1 is 1.11 bits per heavy atom. The van der Waals surface area contributed by atoms with Crippen molar-refractivity contribution >= 4 is 17.6 Å². The summed E-state index contributed by atoms with van der Waals surface area (Å²) in [7, 11) is 0. The molecule has 0 saturated carbocycles. The fourth-order valence-corrected chi connectivity index (χ4v) is 2.57. The number of nitrogens with zero attached hydrogens (tertiary/aromatic N) is 1. The Balaban J connectivity index is 1.55. The van der Waals surface area contributed by atoms with Crippen molar-refractivity contribution in [1.29, 1.82) is 0 Å². The summed E-state index contributed by atoms with van der Waals surface area (Å²) < 4.78 is 13.2. The lowest BCUT2D eigenvalue weighted by molar-refractivity contribution is -0.125. The molecule has 1 atom stereocenters. The fourth-order valence-electron chi connectivity index (χ4n) is 2.57. The molecule has 2 aromatic carbocycles. The summed E-state index contributed by atoms with van der Waals surface area (Å²) in [5.74, 6) is -0.715. The van der Waals surface area contributed by atoms with Crippen LogP contribution >= 0.6 is 0 Å². The van der Waals surface area contributed by atoms with Crippen molar-refractivity contribution in [1.82, 2.24) is 15.5 Å². The SMILES string of the molecule is CC(NC(=O)Cc1cccc(F)c1)C(=O)Nc1cc(-c2ccccc2)n[nH]1. The first-order chi connectivity index (χ1) is 13.0. The first kappa shape index (κ1) is 18.3. The molecule has 0 spiro atoms. The van der Waals surface area contributed by atoms with E-state index in [9.17, 15) is 14.0 Å². The molecule has 2 amide bonds. The summed E-state index contributed by atoms with van der Waals surface area (Å²) in [5, 5.41) is 12.2. The summed E-state index contributed by atoms with van der Waals surface area (Å²) >= 11 is 0. The van der Waals surface area contributed by atoms with E-state index in [-0.39, 0.29) is 18.2 Å². The first-order valence-electron chi connectivity index (χ1n) is 8.47. The number of aromatic nitrogens is 2. The molecule has 0 saturated heterocycles. The third kappa shape index (κ3) is 5.01. The van der Waals surface area contributed by atoms with E-state index >= 15 is 0 Å². The van der Waals surface area contributed by atoms with Crippen LogP contribution in [0.5, 0.6) is 0 Å². The highest BCUT2D eigenvalue weighted by Gasteiger charge is 2.17. The predicted octanol–water partition coefficient (Wildman–Crippen LogP) is 2.90. The second-order valence-corrected chi connectivity index (χ2v) is 6.12. The minimum Gasteiger partial charge on any atom is -0.344 e. The number of benzene rings is 2. The van der Waals surface area contributed by atoms with Crippen molar-refractivity contribution in [3.63, 3.8) is 0 Å². The largest absolute Gasteiger partial charge is 0.344 e. The van der Waals surface area contributed by atoms with Crippen molar-refractivity contribution < 1.29 is 14.0 Å². The lowest BCUT2D eigenvalue weighted by Gasteiger charge is -2.13. The number of carbonyl (C=O) groups excluding carboxylic acids is 2. The van der Waals surface area contributed by atoms with Gasteiger partial charge < -0.3 is 10.6 Å². The van der Waals surface area contributed by atoms with Gasteiger partial charge in [-0.3, -0.25) is 14.7 Å². The van der Waals surface area contributed by atoms with Crippen molar-refractivity contribution in [2.75, 3.05) is 5.32 Å². The fraction of sp³-hybridized carbons (Fsp3) is 0.150. The average molecular weight is 366 g/mol. The summed E-state index contributed by atoms with van der Waals surface area (Å²) in [4.78, 5) is 24.3. The molecule has 27 heavy (non-hydrogen) atoms. The first-order valence-corrected chi connectivity index (χ1v) is 8.47. The van der Waals surface area contributed by atoms with Gasteiger partial charge in [0.05, 0.1) is 12.1 Å². The molecule has 1 aromatic heterocycles. The number of anilines is 1. The maximum Gasteiger partial charge on any atom is 0.247 e. The van der Waals surface area contributed by atoms with E-state index < -0.39 is 11.9 Å². The number of halogens is 1. The Morgan fingerprint density at radius 3 is 2.63 bits per heavy atom. The molecule has 6 nitrogen and oxygen atoms in total. The van der Waals surface area contributed by atoms with Crippen LogP contribution in [0.2, 0.25) is 0 Å². The smallest absolute Gasteiger partial charge is 0.247 e. The monoisotopic (exact) mass is 366 g/mol. The van der Waals surface area contributed by atoms with Crippen LogP contribution in [0.4, 0.5) is 10.2 Å². The van der Waals surface area contributed by atoms with Crippen molar-refractivity contribution in [2.45, 2.75) is 19.4 Å². The number of carbonyl (C=O) groups is 2. The quantitative estimate of drug-likeness (QED) is 0.627. The topological polar surface area (TPSA) is 86.9 Å². The maximum atomic E-state index is 13.2. The van der Waals surface area contributed by atoms with Gasteiger partial charge in [0, 0.05) is 11.6 Å². The van der Waals surface area contributed by atoms with Gasteiger partial charge >= 0.3 is 0 Å². The standard InChI is InChI=1S/C20H19FN4O2/c1-13(22-19(26)11-14-6-5-9-16(21)10-14)20(27)23-18-12-17(24-25-18)15-7-3-2-4-8-15/h2-10,12-13H,11H2,1H3,(H,22,26)(H2,23,24,25,27). The molecule has 1 heterocycles. The highest BCUT2D eigenvalue weighted by molar-refractivity contribution is 5.96. The highest BCUT2D eigenvalue weighted by Crippen LogP contribution is 2.19. The van der Waals surface area contributed by atoms with Crippen molar-refractivity contribution in [2.24, 2.45) is 0 Å². The molecule has 1 unspecified atom stereocenters. The van der Waals surface area contributed by atoms with Gasteiger partial charge in [0.15, 0.2) is 0 Å². The molecule has 0 aliphatic rings. The third-order valence-corrected chi connectivity index (χ3v) is 3.93. The van der Waals surface area contributed by atoms with Gasteiger partial charge in [0.1, 0.15) is 17.7 Å². The van der Waals surface area contributed by atoms with E-state index in [0.717, 1.165) is 5.56 Å². The van der Waals surface area contributed by atoms with E-state index in [1.165, 1.54) is 18.2 Å². The summed E-state index contributed by atoms with van der Waals surface area (Å²) in [5.41, 5.74) is 2.17. The molecular formula is C20H19FN4O2. The maximum absolute atomic E-state index is 13.2. The molecule has 3 N–H and O–H groups in total. The van der Waals surface area contributed by atoms with Gasteiger partial charge in [0.2, 0.25) is 11.8 Å². The third-order valence-electron chi connectivity index (χ3n) is 3.93. The lowest BCUT2D eigenvalue weighted by atomic mass is 10.1. The molecule has 3 aromatic rings. The zero-order valence-corrected chi connectivity index (χ0v) is 14.7. The van der Waals surface area contributed by atoms with Crippen LogP contribution in [0.15, 0.2) is 60.7 Å². The zero-order valence-electron chi connectivity index (χ0n) is 14.7. The van der Waals surface area contributed by atoms with E-state index in [4.69, 9.17) is 0 Å². The van der Waals surface area contributed by atoms with Crippen LogP contribution in [0.3, 0.4) is 0 Å². The molecule has 0 aliphatic carbocycles. The van der Waals surface area contributed by atoms with E-state index in [0.29, 0.717) is 17.1 Å². The Morgan fingerprint density at radius 2 is 1.89 bits per heavy atom. The predicted molar refractivity (Wildman–Crippen MR) is 100 cm³/mol. The second kappa shape index (κ2) is 8.27. The molecule has 138 valence electrons. The Hall–Kier alpha value is -3.48. The summed E-state index contributed by atoms with van der Waals surface area (Å²) in [6, 6.07) is 16.3. The lowest BCUT2D eigenvalue weighted by Crippen LogP contribution is -2.42. The number of amides is 2. The number of hydrogen-bond acceptors (Lipinski definition) is 3. The van der Waals surface area contributed by atoms with Crippen LogP contribution in [-0.2, 0) is 16.0 Å². The molecular weight excluding hydrogens is 347 g/mol. The summed E-state index contributed by atoms with van der Waals surface area (Å²) in [6.45, 7) is 1.58. The number of H-pyrrole nitrogens is 1. The molecule has 0 radical (unpaired) electrons. The minimum atomic E-state index is -0.755. The Bertz CT molecular complexity index is 940. The molecule has 0 bridgehead atoms. The van der Waals surface area contributed by atoms with Crippen molar-refractivity contribution in [3.05, 3.63) is 72.0 Å². The van der Waals surface area contributed by atoms with Crippen molar-refractivity contribution in [3.8, 4) is 11.3 Å². The molecule has 7 heteroatoms. The van der Waals surface area contributed by atoms with E-state index in [2.05, 4.69) is 20.8 Å². The van der Waals surface area contributed by atoms with Crippen LogP contribution in [-0.4, -0.2) is 28.1 Å². The molecule has 0 aliphatic heterocycles. The highest BCUT2D eigenvalue weighted by atomic mass is 19.1. The van der Waals surface area contributed by atoms with Crippen LogP contribution in [0.1, 0.15) is 12.5 Å². The van der Waals surface area contributed by atoms with Crippen LogP contribution < -0.4 is 10.6 Å². The Labute approximate surface area is 155 Å². The van der Waals surface area contributed by atoms with Gasteiger partial charge in [-0.2, -0.15) is 5.10 Å². The van der Waals surface area contributed by atoms with Gasteiger partial charge in [-0.05, 0) is 24.6 Å². The number of hydrogen-bond donors (Lipinski definition) is 3. The van der Waals surface area contributed by atoms with Gasteiger partial charge in [-0.15, -0.1) is 0 Å². The number of nitrogens with one attached hydrogen (secondary N) is 3. The summed E-state index contributed by atoms with van der Waals surface area (Å²) in [6.07, 6.45) is -0.00239. The normalized spacial score (nSPS) is 11.6. The second-order valence-electron chi connectivity index (χ2n) is 6.12. The van der Waals surface area contributed by atoms with Crippen LogP contribution in [0, 0.1) is 5.82 Å². The Kier molecular flexibility index (Phi) is 5.61.